The van der Waals surface area contributed by atoms with Gasteiger partial charge in [0, 0.05) is 19.7 Å². The van der Waals surface area contributed by atoms with Crippen LogP contribution in [0.1, 0.15) is 39.0 Å². The van der Waals surface area contributed by atoms with E-state index in [1.165, 1.54) is 32.1 Å². The van der Waals surface area contributed by atoms with Crippen LogP contribution < -0.4 is 5.32 Å². The highest BCUT2D eigenvalue weighted by Crippen LogP contribution is 2.26. The fourth-order valence-electron chi connectivity index (χ4n) is 2.35. The average Bonchev–Trinajstić information content (AvgIpc) is 2.34. The van der Waals surface area contributed by atoms with E-state index in [0.717, 1.165) is 25.1 Å². The molecule has 3 nitrogen and oxygen atoms in total. The number of rotatable bonds is 8. The van der Waals surface area contributed by atoms with Crippen molar-refractivity contribution in [2.45, 2.75) is 45.1 Å². The summed E-state index contributed by atoms with van der Waals surface area (Å²) in [6.45, 7) is 5.49. The molecule has 0 aromatic heterocycles. The summed E-state index contributed by atoms with van der Waals surface area (Å²) in [4.78, 5) is 0. The molecule has 0 aliphatic heterocycles. The fraction of sp³-hybridized carbons (Fsp3) is 1.00. The molecule has 16 heavy (non-hydrogen) atoms. The number of methoxy groups -OCH3 is 1. The van der Waals surface area contributed by atoms with Crippen molar-refractivity contribution in [3.05, 3.63) is 0 Å². The third-order valence-corrected chi connectivity index (χ3v) is 3.54. The van der Waals surface area contributed by atoms with Crippen LogP contribution in [0.25, 0.3) is 0 Å². The number of hydrogen-bond donors (Lipinski definition) is 1. The third kappa shape index (κ3) is 5.83. The topological polar surface area (TPSA) is 30.5 Å². The Morgan fingerprint density at radius 2 is 1.81 bits per heavy atom. The molecule has 0 aromatic carbocycles. The van der Waals surface area contributed by atoms with Gasteiger partial charge in [-0.15, -0.1) is 0 Å². The zero-order valence-electron chi connectivity index (χ0n) is 10.8. The van der Waals surface area contributed by atoms with Gasteiger partial charge in [-0.05, 0) is 31.6 Å². The van der Waals surface area contributed by atoms with E-state index in [4.69, 9.17) is 9.47 Å². The van der Waals surface area contributed by atoms with E-state index in [2.05, 4.69) is 12.2 Å². The Balaban J connectivity index is 1.90. The molecule has 3 heteroatoms. The SMILES string of the molecule is CCC1CCC(NCCOCCOC)CC1. The summed E-state index contributed by atoms with van der Waals surface area (Å²) in [5, 5.41) is 3.58. The molecule has 0 radical (unpaired) electrons. The molecular formula is C13H27NO2. The fourth-order valence-corrected chi connectivity index (χ4v) is 2.35. The molecule has 96 valence electrons. The van der Waals surface area contributed by atoms with Crippen LogP contribution in [0, 0.1) is 5.92 Å². The van der Waals surface area contributed by atoms with Crippen LogP contribution in [0.2, 0.25) is 0 Å². The van der Waals surface area contributed by atoms with Crippen LogP contribution in [0.5, 0.6) is 0 Å². The Bertz CT molecular complexity index is 156. The first-order chi connectivity index (χ1) is 7.86. The minimum Gasteiger partial charge on any atom is -0.382 e. The molecule has 0 aromatic rings. The molecule has 1 rings (SSSR count). The lowest BCUT2D eigenvalue weighted by Gasteiger charge is -2.28. The maximum Gasteiger partial charge on any atom is 0.0700 e. The van der Waals surface area contributed by atoms with E-state index >= 15 is 0 Å². The summed E-state index contributed by atoms with van der Waals surface area (Å²) in [7, 11) is 1.70. The second-order valence-electron chi connectivity index (χ2n) is 4.69. The molecular weight excluding hydrogens is 202 g/mol. The maximum absolute atomic E-state index is 5.42. The van der Waals surface area contributed by atoms with E-state index < -0.39 is 0 Å². The maximum atomic E-state index is 5.42. The van der Waals surface area contributed by atoms with E-state index in [9.17, 15) is 0 Å². The normalized spacial score (nSPS) is 25.9. The first kappa shape index (κ1) is 13.9. The zero-order chi connectivity index (χ0) is 11.6. The van der Waals surface area contributed by atoms with Gasteiger partial charge >= 0.3 is 0 Å². The van der Waals surface area contributed by atoms with Crippen LogP contribution in [0.15, 0.2) is 0 Å². The predicted molar refractivity (Wildman–Crippen MR) is 66.7 cm³/mol. The molecule has 0 spiro atoms. The van der Waals surface area contributed by atoms with Crippen molar-refractivity contribution in [1.82, 2.24) is 5.32 Å². The summed E-state index contributed by atoms with van der Waals surface area (Å²) in [5.41, 5.74) is 0. The molecule has 1 aliphatic rings. The summed E-state index contributed by atoms with van der Waals surface area (Å²) in [6, 6.07) is 0.730. The van der Waals surface area contributed by atoms with Gasteiger partial charge in [0.25, 0.3) is 0 Å². The minimum absolute atomic E-state index is 0.696. The molecule has 1 aliphatic carbocycles. The molecule has 0 unspecified atom stereocenters. The van der Waals surface area contributed by atoms with E-state index in [0.29, 0.717) is 13.2 Å². The molecule has 0 amide bonds. The van der Waals surface area contributed by atoms with Crippen molar-refractivity contribution in [1.29, 1.82) is 0 Å². The van der Waals surface area contributed by atoms with Crippen molar-refractivity contribution in [3.8, 4) is 0 Å². The highest BCUT2D eigenvalue weighted by Gasteiger charge is 2.18. The largest absolute Gasteiger partial charge is 0.382 e. The number of nitrogens with one attached hydrogen (secondary N) is 1. The Morgan fingerprint density at radius 3 is 2.44 bits per heavy atom. The van der Waals surface area contributed by atoms with Crippen molar-refractivity contribution in [2.24, 2.45) is 5.92 Å². The first-order valence-corrected chi connectivity index (χ1v) is 6.66. The summed E-state index contributed by atoms with van der Waals surface area (Å²) in [5.74, 6) is 0.982. The number of ether oxygens (including phenoxy) is 2. The van der Waals surface area contributed by atoms with Gasteiger partial charge in [-0.3, -0.25) is 0 Å². The lowest BCUT2D eigenvalue weighted by Crippen LogP contribution is -2.35. The van der Waals surface area contributed by atoms with Gasteiger partial charge in [-0.1, -0.05) is 13.3 Å². The van der Waals surface area contributed by atoms with Crippen LogP contribution in [-0.2, 0) is 9.47 Å². The lowest BCUT2D eigenvalue weighted by atomic mass is 9.84. The Hall–Kier alpha value is -0.120. The van der Waals surface area contributed by atoms with Gasteiger partial charge < -0.3 is 14.8 Å². The van der Waals surface area contributed by atoms with Gasteiger partial charge in [-0.25, -0.2) is 0 Å². The van der Waals surface area contributed by atoms with Gasteiger partial charge in [0.1, 0.15) is 0 Å². The summed E-state index contributed by atoms with van der Waals surface area (Å²) in [6.07, 6.45) is 6.84. The van der Waals surface area contributed by atoms with Crippen molar-refractivity contribution in [3.63, 3.8) is 0 Å². The van der Waals surface area contributed by atoms with E-state index in [1.54, 1.807) is 7.11 Å². The summed E-state index contributed by atoms with van der Waals surface area (Å²) >= 11 is 0. The molecule has 0 atom stereocenters. The second-order valence-corrected chi connectivity index (χ2v) is 4.69. The van der Waals surface area contributed by atoms with Crippen LogP contribution >= 0.6 is 0 Å². The smallest absolute Gasteiger partial charge is 0.0700 e. The first-order valence-electron chi connectivity index (χ1n) is 6.66. The predicted octanol–water partition coefficient (Wildman–Crippen LogP) is 2.21. The van der Waals surface area contributed by atoms with Crippen molar-refractivity contribution < 1.29 is 9.47 Å². The quantitative estimate of drug-likeness (QED) is 0.647. The lowest BCUT2D eigenvalue weighted by molar-refractivity contribution is 0.0702. The molecule has 0 heterocycles. The molecule has 1 saturated carbocycles. The third-order valence-electron chi connectivity index (χ3n) is 3.54. The standard InChI is InChI=1S/C13H27NO2/c1-3-12-4-6-13(7-5-12)14-8-9-16-11-10-15-2/h12-14H,3-11H2,1-2H3. The highest BCUT2D eigenvalue weighted by atomic mass is 16.5. The van der Waals surface area contributed by atoms with Gasteiger partial charge in [0.2, 0.25) is 0 Å². The van der Waals surface area contributed by atoms with Crippen molar-refractivity contribution in [2.75, 3.05) is 33.5 Å². The highest BCUT2D eigenvalue weighted by molar-refractivity contribution is 4.76. The Kier molecular flexibility index (Phi) is 7.81. The Morgan fingerprint density at radius 1 is 1.06 bits per heavy atom. The zero-order valence-corrected chi connectivity index (χ0v) is 10.8. The monoisotopic (exact) mass is 229 g/mol. The second kappa shape index (κ2) is 8.97. The van der Waals surface area contributed by atoms with Crippen LogP contribution in [-0.4, -0.2) is 39.5 Å². The Labute approximate surface area is 99.9 Å². The van der Waals surface area contributed by atoms with Crippen LogP contribution in [0.3, 0.4) is 0 Å². The van der Waals surface area contributed by atoms with Gasteiger partial charge in [0.05, 0.1) is 19.8 Å². The van der Waals surface area contributed by atoms with Crippen molar-refractivity contribution >= 4 is 0 Å². The summed E-state index contributed by atoms with van der Waals surface area (Å²) < 4.78 is 10.3. The molecule has 0 saturated heterocycles. The molecule has 1 N–H and O–H groups in total. The van der Waals surface area contributed by atoms with E-state index in [1.807, 2.05) is 0 Å². The van der Waals surface area contributed by atoms with Crippen LogP contribution in [0.4, 0.5) is 0 Å². The van der Waals surface area contributed by atoms with Gasteiger partial charge in [0.15, 0.2) is 0 Å². The number of hydrogen-bond acceptors (Lipinski definition) is 3. The molecule has 0 bridgehead atoms. The average molecular weight is 229 g/mol. The van der Waals surface area contributed by atoms with E-state index in [-0.39, 0.29) is 0 Å². The minimum atomic E-state index is 0.696. The molecule has 1 fully saturated rings. The van der Waals surface area contributed by atoms with Gasteiger partial charge in [-0.2, -0.15) is 0 Å².